The van der Waals surface area contributed by atoms with Crippen LogP contribution >= 0.6 is 11.3 Å². The van der Waals surface area contributed by atoms with Crippen molar-refractivity contribution in [3.05, 3.63) is 29.3 Å². The van der Waals surface area contributed by atoms with Gasteiger partial charge in [-0.05, 0) is 31.6 Å². The van der Waals surface area contributed by atoms with Crippen molar-refractivity contribution in [3.63, 3.8) is 0 Å². The molecule has 5 nitrogen and oxygen atoms in total. The van der Waals surface area contributed by atoms with Crippen LogP contribution in [0.1, 0.15) is 18.4 Å². The minimum atomic E-state index is -3.15. The summed E-state index contributed by atoms with van der Waals surface area (Å²) in [4.78, 5) is 0.321. The number of aromatic nitrogens is 2. The molecule has 0 saturated heterocycles. The maximum atomic E-state index is 11.4. The average Bonchev–Trinajstić information content (AvgIpc) is 2.92. The number of rotatable bonds is 7. The summed E-state index contributed by atoms with van der Waals surface area (Å²) in [5, 5.41) is 13.5. The predicted molar refractivity (Wildman–Crippen MR) is 85.3 cm³/mol. The van der Waals surface area contributed by atoms with Gasteiger partial charge in [-0.25, -0.2) is 8.42 Å². The molecule has 2 aromatic rings. The van der Waals surface area contributed by atoms with Crippen LogP contribution in [0.15, 0.2) is 29.2 Å². The molecule has 0 bridgehead atoms. The topological polar surface area (TPSA) is 72.0 Å². The van der Waals surface area contributed by atoms with Crippen molar-refractivity contribution in [3.8, 4) is 10.6 Å². The first-order valence-corrected chi connectivity index (χ1v) is 9.55. The van der Waals surface area contributed by atoms with Crippen LogP contribution in [0.3, 0.4) is 0 Å². The molecular formula is C14H19N3O2S2. The largest absolute Gasteiger partial charge is 0.317 e. The van der Waals surface area contributed by atoms with Crippen molar-refractivity contribution >= 4 is 21.2 Å². The first-order chi connectivity index (χ1) is 10.0. The number of benzene rings is 1. The first kappa shape index (κ1) is 16.1. The third kappa shape index (κ3) is 4.59. The maximum Gasteiger partial charge on any atom is 0.175 e. The van der Waals surface area contributed by atoms with Crippen LogP contribution in [0, 0.1) is 0 Å². The fourth-order valence-electron chi connectivity index (χ4n) is 1.86. The van der Waals surface area contributed by atoms with E-state index in [0.29, 0.717) is 4.90 Å². The maximum absolute atomic E-state index is 11.4. The molecule has 0 aliphatic rings. The third-order valence-electron chi connectivity index (χ3n) is 2.99. The highest BCUT2D eigenvalue weighted by molar-refractivity contribution is 7.90. The number of aryl methyl sites for hydroxylation is 1. The van der Waals surface area contributed by atoms with E-state index in [-0.39, 0.29) is 0 Å². The molecule has 0 saturated carbocycles. The lowest BCUT2D eigenvalue weighted by molar-refractivity contribution is 0.602. The zero-order valence-corrected chi connectivity index (χ0v) is 13.8. The van der Waals surface area contributed by atoms with Gasteiger partial charge in [0.1, 0.15) is 10.0 Å². The second kappa shape index (κ2) is 7.11. The van der Waals surface area contributed by atoms with Crippen molar-refractivity contribution in [2.75, 3.05) is 19.3 Å². The third-order valence-corrected chi connectivity index (χ3v) is 5.15. The number of nitrogens with one attached hydrogen (secondary N) is 1. The van der Waals surface area contributed by atoms with Gasteiger partial charge >= 0.3 is 0 Å². The van der Waals surface area contributed by atoms with Gasteiger partial charge in [0, 0.05) is 18.2 Å². The van der Waals surface area contributed by atoms with Crippen LogP contribution in [0.5, 0.6) is 0 Å². The lowest BCUT2D eigenvalue weighted by Gasteiger charge is -1.99. The molecular weight excluding hydrogens is 306 g/mol. The molecule has 1 N–H and O–H groups in total. The Morgan fingerprint density at radius 3 is 2.52 bits per heavy atom. The lowest BCUT2D eigenvalue weighted by Crippen LogP contribution is -2.14. The Bertz CT molecular complexity index is 678. The number of hydrogen-bond donors (Lipinski definition) is 1. The number of nitrogens with zero attached hydrogens (tertiary/aromatic N) is 2. The monoisotopic (exact) mass is 325 g/mol. The van der Waals surface area contributed by atoms with E-state index < -0.39 is 9.84 Å². The first-order valence-electron chi connectivity index (χ1n) is 6.84. The Morgan fingerprint density at radius 2 is 1.90 bits per heavy atom. The van der Waals surface area contributed by atoms with E-state index >= 15 is 0 Å². The fraction of sp³-hybridized carbons (Fsp3) is 0.429. The highest BCUT2D eigenvalue weighted by Crippen LogP contribution is 2.25. The van der Waals surface area contributed by atoms with E-state index in [0.717, 1.165) is 41.5 Å². The van der Waals surface area contributed by atoms with Crippen molar-refractivity contribution in [1.82, 2.24) is 15.5 Å². The molecule has 1 heterocycles. The minimum Gasteiger partial charge on any atom is -0.317 e. The smallest absolute Gasteiger partial charge is 0.175 e. The number of sulfone groups is 1. The van der Waals surface area contributed by atoms with Crippen LogP contribution in [0.25, 0.3) is 10.6 Å². The van der Waals surface area contributed by atoms with Crippen molar-refractivity contribution in [2.24, 2.45) is 0 Å². The molecule has 0 atom stereocenters. The van der Waals surface area contributed by atoms with Gasteiger partial charge in [0.15, 0.2) is 9.84 Å². The fourth-order valence-corrected chi connectivity index (χ4v) is 3.37. The Labute approximate surface area is 129 Å². The summed E-state index contributed by atoms with van der Waals surface area (Å²) in [5.41, 5.74) is 0.901. The molecule has 0 aliphatic carbocycles. The zero-order valence-electron chi connectivity index (χ0n) is 12.2. The highest BCUT2D eigenvalue weighted by Gasteiger charge is 2.10. The van der Waals surface area contributed by atoms with Gasteiger partial charge in [-0.3, -0.25) is 0 Å². The quantitative estimate of drug-likeness (QED) is 0.790. The molecule has 0 radical (unpaired) electrons. The van der Waals surface area contributed by atoms with Crippen LogP contribution in [-0.4, -0.2) is 38.0 Å². The molecule has 1 aromatic carbocycles. The Morgan fingerprint density at radius 1 is 1.19 bits per heavy atom. The van der Waals surface area contributed by atoms with Gasteiger partial charge in [0.05, 0.1) is 4.90 Å². The van der Waals surface area contributed by atoms with Crippen LogP contribution < -0.4 is 5.32 Å². The summed E-state index contributed by atoms with van der Waals surface area (Å²) in [5.74, 6) is 0. The van der Waals surface area contributed by atoms with E-state index in [1.54, 1.807) is 35.6 Å². The normalized spacial score (nSPS) is 11.7. The van der Waals surface area contributed by atoms with E-state index in [1.165, 1.54) is 6.26 Å². The van der Waals surface area contributed by atoms with E-state index in [1.807, 2.05) is 0 Å². The molecule has 2 rings (SSSR count). The van der Waals surface area contributed by atoms with Gasteiger partial charge in [-0.15, -0.1) is 10.2 Å². The van der Waals surface area contributed by atoms with Gasteiger partial charge in [-0.1, -0.05) is 30.4 Å². The Balaban J connectivity index is 2.04. The van der Waals surface area contributed by atoms with Gasteiger partial charge < -0.3 is 5.32 Å². The summed E-state index contributed by atoms with van der Waals surface area (Å²) in [6.07, 6.45) is 3.15. The van der Waals surface area contributed by atoms with Crippen LogP contribution in [-0.2, 0) is 16.3 Å². The molecule has 114 valence electrons. The zero-order chi connectivity index (χ0) is 15.3. The van der Waals surface area contributed by atoms with Crippen LogP contribution in [0.2, 0.25) is 0 Å². The molecule has 0 amide bonds. The van der Waals surface area contributed by atoms with E-state index in [2.05, 4.69) is 22.4 Å². The second-order valence-electron chi connectivity index (χ2n) is 4.75. The van der Waals surface area contributed by atoms with Gasteiger partial charge in [-0.2, -0.15) is 0 Å². The Kier molecular flexibility index (Phi) is 5.44. The summed E-state index contributed by atoms with van der Waals surface area (Å²) in [6, 6.07) is 6.77. The standard InChI is InChI=1S/C14H19N3O2S2/c1-3-15-10-4-5-13-16-17-14(20-13)11-6-8-12(9-7-11)21(2,18)19/h6-9,15H,3-5,10H2,1-2H3. The summed E-state index contributed by atoms with van der Waals surface area (Å²) >= 11 is 1.56. The summed E-state index contributed by atoms with van der Waals surface area (Å²) < 4.78 is 22.8. The van der Waals surface area contributed by atoms with Crippen molar-refractivity contribution in [1.29, 1.82) is 0 Å². The molecule has 21 heavy (non-hydrogen) atoms. The van der Waals surface area contributed by atoms with Gasteiger partial charge in [0.25, 0.3) is 0 Å². The van der Waals surface area contributed by atoms with Gasteiger partial charge in [0.2, 0.25) is 0 Å². The number of hydrogen-bond acceptors (Lipinski definition) is 6. The van der Waals surface area contributed by atoms with Crippen LogP contribution in [0.4, 0.5) is 0 Å². The molecule has 1 aromatic heterocycles. The Hall–Kier alpha value is -1.31. The van der Waals surface area contributed by atoms with Crippen molar-refractivity contribution in [2.45, 2.75) is 24.7 Å². The molecule has 0 spiro atoms. The molecule has 0 aliphatic heterocycles. The van der Waals surface area contributed by atoms with Crippen molar-refractivity contribution < 1.29 is 8.42 Å². The second-order valence-corrected chi connectivity index (χ2v) is 7.83. The van der Waals surface area contributed by atoms with E-state index in [4.69, 9.17) is 0 Å². The summed E-state index contributed by atoms with van der Waals surface area (Å²) in [7, 11) is -3.15. The van der Waals surface area contributed by atoms with E-state index in [9.17, 15) is 8.42 Å². The average molecular weight is 325 g/mol. The summed E-state index contributed by atoms with van der Waals surface area (Å²) in [6.45, 7) is 4.05. The predicted octanol–water partition coefficient (Wildman–Crippen LogP) is 2.15. The minimum absolute atomic E-state index is 0.321. The highest BCUT2D eigenvalue weighted by atomic mass is 32.2. The molecule has 0 unspecified atom stereocenters. The molecule has 0 fully saturated rings. The molecule has 7 heteroatoms. The lowest BCUT2D eigenvalue weighted by atomic mass is 10.2. The SMILES string of the molecule is CCNCCCc1nnc(-c2ccc(S(C)(=O)=O)cc2)s1.